The predicted octanol–water partition coefficient (Wildman–Crippen LogP) is 3.12. The molecular formula is C22H22N4O5. The Kier molecular flexibility index (Phi) is 6.23. The van der Waals surface area contributed by atoms with Crippen molar-refractivity contribution in [1.82, 2.24) is 14.8 Å². The fourth-order valence-corrected chi connectivity index (χ4v) is 3.40. The van der Waals surface area contributed by atoms with Gasteiger partial charge in [-0.15, -0.1) is 0 Å². The Morgan fingerprint density at radius 3 is 2.55 bits per heavy atom. The van der Waals surface area contributed by atoms with Crippen LogP contribution in [0.3, 0.4) is 0 Å². The third-order valence-electron chi connectivity index (χ3n) is 5.09. The molecule has 0 bridgehead atoms. The third kappa shape index (κ3) is 5.26. The molecule has 9 heteroatoms. The van der Waals surface area contributed by atoms with Gasteiger partial charge in [-0.2, -0.15) is 0 Å². The van der Waals surface area contributed by atoms with Crippen LogP contribution in [0.1, 0.15) is 21.9 Å². The molecule has 1 aliphatic heterocycles. The van der Waals surface area contributed by atoms with Crippen molar-refractivity contribution < 1.29 is 18.9 Å². The summed E-state index contributed by atoms with van der Waals surface area (Å²) in [7, 11) is 0. The van der Waals surface area contributed by atoms with Gasteiger partial charge in [0.25, 0.3) is 11.6 Å². The van der Waals surface area contributed by atoms with Crippen LogP contribution in [0.2, 0.25) is 0 Å². The van der Waals surface area contributed by atoms with Gasteiger partial charge in [-0.1, -0.05) is 6.07 Å². The summed E-state index contributed by atoms with van der Waals surface area (Å²) >= 11 is 0. The van der Waals surface area contributed by atoms with Crippen molar-refractivity contribution in [2.24, 2.45) is 0 Å². The average molecular weight is 422 g/mol. The number of nitrogens with zero attached hydrogens (tertiary/aromatic N) is 4. The van der Waals surface area contributed by atoms with Gasteiger partial charge >= 0.3 is 0 Å². The molecule has 0 unspecified atom stereocenters. The molecule has 4 rings (SSSR count). The Balaban J connectivity index is 1.27. The average Bonchev–Trinajstić information content (AvgIpc) is 3.28. The van der Waals surface area contributed by atoms with E-state index >= 15 is 0 Å². The number of carbonyl (C=O) groups is 1. The summed E-state index contributed by atoms with van der Waals surface area (Å²) in [5, 5.41) is 10.7. The number of nitro benzene ring substituents is 1. The Labute approximate surface area is 179 Å². The minimum atomic E-state index is -0.465. The maximum absolute atomic E-state index is 12.8. The molecule has 1 saturated heterocycles. The number of non-ortho nitro benzene ring substituents is 1. The Morgan fingerprint density at radius 2 is 1.87 bits per heavy atom. The largest absolute Gasteiger partial charge is 0.486 e. The lowest BCUT2D eigenvalue weighted by atomic mass is 10.2. The second-order valence-corrected chi connectivity index (χ2v) is 7.24. The van der Waals surface area contributed by atoms with Crippen molar-refractivity contribution >= 4 is 11.6 Å². The van der Waals surface area contributed by atoms with Crippen LogP contribution in [0, 0.1) is 10.1 Å². The van der Waals surface area contributed by atoms with Gasteiger partial charge in [0, 0.05) is 57.3 Å². The zero-order valence-electron chi connectivity index (χ0n) is 16.8. The molecule has 0 radical (unpaired) electrons. The van der Waals surface area contributed by atoms with E-state index in [0.29, 0.717) is 24.6 Å². The van der Waals surface area contributed by atoms with Gasteiger partial charge in [0.15, 0.2) is 5.76 Å². The molecule has 2 aromatic heterocycles. The first-order valence-corrected chi connectivity index (χ1v) is 9.95. The normalized spacial score (nSPS) is 14.4. The molecule has 1 aliphatic rings. The SMILES string of the molecule is O=C(c1ccc(COc2ccc([N+](=O)[O-])cc2)o1)N1CCN(Cc2cccnc2)CC1. The molecule has 0 N–H and O–H groups in total. The fraction of sp³-hybridized carbons (Fsp3) is 0.273. The monoisotopic (exact) mass is 422 g/mol. The van der Waals surface area contributed by atoms with Crippen molar-refractivity contribution in [2.75, 3.05) is 26.2 Å². The van der Waals surface area contributed by atoms with E-state index in [4.69, 9.17) is 9.15 Å². The van der Waals surface area contributed by atoms with E-state index in [-0.39, 0.29) is 24.0 Å². The number of hydrogen-bond acceptors (Lipinski definition) is 7. The quantitative estimate of drug-likeness (QED) is 0.426. The standard InChI is InChI=1S/C22H22N4O5/c27-22(25-12-10-24(11-13-25)15-17-2-1-9-23-14-17)21-8-7-20(31-21)16-30-19-5-3-18(4-6-19)26(28)29/h1-9,14H,10-13,15-16H2. The molecule has 1 amide bonds. The van der Waals surface area contributed by atoms with E-state index in [1.807, 2.05) is 18.3 Å². The zero-order chi connectivity index (χ0) is 21.6. The minimum absolute atomic E-state index is 0.00114. The van der Waals surface area contributed by atoms with Gasteiger partial charge in [0.1, 0.15) is 18.1 Å². The molecule has 1 fully saturated rings. The number of benzene rings is 1. The van der Waals surface area contributed by atoms with E-state index in [9.17, 15) is 14.9 Å². The Hall–Kier alpha value is -3.72. The predicted molar refractivity (Wildman–Crippen MR) is 112 cm³/mol. The van der Waals surface area contributed by atoms with Crippen LogP contribution in [0.25, 0.3) is 0 Å². The van der Waals surface area contributed by atoms with Crippen LogP contribution in [-0.2, 0) is 13.2 Å². The highest BCUT2D eigenvalue weighted by Crippen LogP contribution is 2.20. The number of rotatable bonds is 7. The molecule has 3 aromatic rings. The number of hydrogen-bond donors (Lipinski definition) is 0. The summed E-state index contributed by atoms with van der Waals surface area (Å²) in [6, 6.07) is 13.1. The molecule has 3 heterocycles. The van der Waals surface area contributed by atoms with Gasteiger partial charge in [0.05, 0.1) is 4.92 Å². The maximum atomic E-state index is 12.8. The number of amides is 1. The molecule has 160 valence electrons. The van der Waals surface area contributed by atoms with Crippen LogP contribution in [0.4, 0.5) is 5.69 Å². The lowest BCUT2D eigenvalue weighted by Gasteiger charge is -2.34. The van der Waals surface area contributed by atoms with E-state index < -0.39 is 4.92 Å². The Bertz CT molecular complexity index is 1030. The fourth-order valence-electron chi connectivity index (χ4n) is 3.40. The number of piperazine rings is 1. The molecule has 1 aromatic carbocycles. The van der Waals surface area contributed by atoms with Crippen molar-refractivity contribution in [3.63, 3.8) is 0 Å². The molecule has 0 saturated carbocycles. The van der Waals surface area contributed by atoms with Crippen molar-refractivity contribution in [3.05, 3.63) is 88.1 Å². The number of ether oxygens (including phenoxy) is 1. The van der Waals surface area contributed by atoms with Gasteiger partial charge in [-0.25, -0.2) is 0 Å². The van der Waals surface area contributed by atoms with E-state index in [0.717, 1.165) is 25.2 Å². The first kappa shape index (κ1) is 20.5. The minimum Gasteiger partial charge on any atom is -0.486 e. The second-order valence-electron chi connectivity index (χ2n) is 7.24. The molecule has 9 nitrogen and oxygen atoms in total. The summed E-state index contributed by atoms with van der Waals surface area (Å²) in [5.41, 5.74) is 1.16. The van der Waals surface area contributed by atoms with Gasteiger partial charge < -0.3 is 14.1 Å². The highest BCUT2D eigenvalue weighted by atomic mass is 16.6. The molecule has 31 heavy (non-hydrogen) atoms. The van der Waals surface area contributed by atoms with Crippen LogP contribution < -0.4 is 4.74 Å². The second kappa shape index (κ2) is 9.40. The highest BCUT2D eigenvalue weighted by Gasteiger charge is 2.24. The smallest absolute Gasteiger partial charge is 0.289 e. The number of nitro groups is 1. The summed E-state index contributed by atoms with van der Waals surface area (Å²) in [4.78, 5) is 31.2. The van der Waals surface area contributed by atoms with Crippen molar-refractivity contribution in [1.29, 1.82) is 0 Å². The zero-order valence-corrected chi connectivity index (χ0v) is 16.8. The van der Waals surface area contributed by atoms with Gasteiger partial charge in [-0.05, 0) is 35.9 Å². The number of pyridine rings is 1. The van der Waals surface area contributed by atoms with Gasteiger partial charge in [-0.3, -0.25) is 24.8 Å². The summed E-state index contributed by atoms with van der Waals surface area (Å²) in [5.74, 6) is 1.14. The maximum Gasteiger partial charge on any atom is 0.289 e. The summed E-state index contributed by atoms with van der Waals surface area (Å²) < 4.78 is 11.2. The molecule has 0 spiro atoms. The van der Waals surface area contributed by atoms with E-state index in [1.165, 1.54) is 24.3 Å². The number of furan rings is 1. The first-order chi connectivity index (χ1) is 15.1. The van der Waals surface area contributed by atoms with Crippen LogP contribution in [0.15, 0.2) is 65.3 Å². The lowest BCUT2D eigenvalue weighted by Crippen LogP contribution is -2.48. The number of carbonyl (C=O) groups excluding carboxylic acids is 1. The van der Waals surface area contributed by atoms with Crippen molar-refractivity contribution in [2.45, 2.75) is 13.2 Å². The highest BCUT2D eigenvalue weighted by molar-refractivity contribution is 5.91. The van der Waals surface area contributed by atoms with Crippen LogP contribution in [-0.4, -0.2) is 51.8 Å². The molecular weight excluding hydrogens is 400 g/mol. The molecule has 0 atom stereocenters. The number of aromatic nitrogens is 1. The Morgan fingerprint density at radius 1 is 1.10 bits per heavy atom. The lowest BCUT2D eigenvalue weighted by molar-refractivity contribution is -0.384. The third-order valence-corrected chi connectivity index (χ3v) is 5.09. The van der Waals surface area contributed by atoms with E-state index in [1.54, 1.807) is 23.2 Å². The topological polar surface area (TPSA) is 102 Å². The van der Waals surface area contributed by atoms with Crippen LogP contribution in [0.5, 0.6) is 5.75 Å². The first-order valence-electron chi connectivity index (χ1n) is 9.95. The van der Waals surface area contributed by atoms with Crippen molar-refractivity contribution in [3.8, 4) is 5.75 Å². The summed E-state index contributed by atoms with van der Waals surface area (Å²) in [6.07, 6.45) is 3.62. The molecule has 0 aliphatic carbocycles. The summed E-state index contributed by atoms with van der Waals surface area (Å²) in [6.45, 7) is 3.79. The van der Waals surface area contributed by atoms with E-state index in [2.05, 4.69) is 9.88 Å². The van der Waals surface area contributed by atoms with Gasteiger partial charge in [0.2, 0.25) is 0 Å². The van der Waals surface area contributed by atoms with Crippen LogP contribution >= 0.6 is 0 Å².